The van der Waals surface area contributed by atoms with Gasteiger partial charge in [0.15, 0.2) is 17.1 Å². The van der Waals surface area contributed by atoms with Gasteiger partial charge in [-0.05, 0) is 115 Å². The Balaban J connectivity index is 1.03. The summed E-state index contributed by atoms with van der Waals surface area (Å²) in [5.41, 5.74) is 6.84. The first-order valence-electron chi connectivity index (χ1n) is 22.2. The smallest absolute Gasteiger partial charge is 0.159 e. The van der Waals surface area contributed by atoms with Gasteiger partial charge in [0.2, 0.25) is 0 Å². The van der Waals surface area contributed by atoms with Crippen LogP contribution >= 0.6 is 0 Å². The lowest BCUT2D eigenvalue weighted by Gasteiger charge is -2.33. The van der Waals surface area contributed by atoms with Crippen molar-refractivity contribution in [3.05, 3.63) is 223 Å². The van der Waals surface area contributed by atoms with Gasteiger partial charge in [0.25, 0.3) is 0 Å². The molecule has 3 heterocycles. The number of amidine groups is 2. The van der Waals surface area contributed by atoms with Gasteiger partial charge in [0, 0.05) is 32.7 Å². The maximum Gasteiger partial charge on any atom is 0.159 e. The number of hydrogen-bond donors (Lipinski definition) is 1. The van der Waals surface area contributed by atoms with E-state index in [4.69, 9.17) is 14.4 Å². The molecular formula is C60H38N4O. The molecule has 0 saturated heterocycles. The van der Waals surface area contributed by atoms with E-state index in [-0.39, 0.29) is 0 Å². The first-order valence-corrected chi connectivity index (χ1v) is 22.2. The summed E-state index contributed by atoms with van der Waals surface area (Å²) in [5.74, 6) is 1.39. The molecule has 11 aromatic carbocycles. The summed E-state index contributed by atoms with van der Waals surface area (Å²) in [4.78, 5) is 11.1. The quantitative estimate of drug-likeness (QED) is 0.180. The van der Waals surface area contributed by atoms with E-state index < -0.39 is 5.66 Å². The summed E-state index contributed by atoms with van der Waals surface area (Å²) in [6.07, 6.45) is 0. The average molecular weight is 831 g/mol. The Kier molecular flexibility index (Phi) is 7.47. The van der Waals surface area contributed by atoms with Crippen LogP contribution in [0.4, 0.5) is 0 Å². The molecule has 14 rings (SSSR count). The van der Waals surface area contributed by atoms with Gasteiger partial charge in [-0.1, -0.05) is 158 Å². The Bertz CT molecular complexity index is 4250. The molecule has 0 bridgehead atoms. The molecule has 0 aliphatic carbocycles. The predicted octanol–water partition coefficient (Wildman–Crippen LogP) is 15.1. The first kappa shape index (κ1) is 36.0. The highest BCUT2D eigenvalue weighted by atomic mass is 16.3. The van der Waals surface area contributed by atoms with E-state index in [9.17, 15) is 0 Å². The van der Waals surface area contributed by atoms with Crippen LogP contribution < -0.4 is 5.32 Å². The highest BCUT2D eigenvalue weighted by Gasteiger charge is 2.33. The number of nitrogens with one attached hydrogen (secondary N) is 1. The zero-order valence-electron chi connectivity index (χ0n) is 35.4. The van der Waals surface area contributed by atoms with Crippen molar-refractivity contribution in [1.29, 1.82) is 0 Å². The highest BCUT2D eigenvalue weighted by Crippen LogP contribution is 2.41. The van der Waals surface area contributed by atoms with Crippen molar-refractivity contribution in [3.63, 3.8) is 0 Å². The van der Waals surface area contributed by atoms with Gasteiger partial charge in [-0.2, -0.15) is 0 Å². The zero-order valence-corrected chi connectivity index (χ0v) is 35.4. The van der Waals surface area contributed by atoms with Crippen molar-refractivity contribution in [3.8, 4) is 5.69 Å². The van der Waals surface area contributed by atoms with Gasteiger partial charge >= 0.3 is 0 Å². The van der Waals surface area contributed by atoms with E-state index in [2.05, 4.69) is 217 Å². The molecule has 0 saturated carbocycles. The van der Waals surface area contributed by atoms with Crippen molar-refractivity contribution in [2.75, 3.05) is 0 Å². The van der Waals surface area contributed by atoms with Crippen LogP contribution in [-0.4, -0.2) is 16.2 Å². The molecule has 5 nitrogen and oxygen atoms in total. The molecule has 13 aromatic rings. The Labute approximate surface area is 373 Å². The van der Waals surface area contributed by atoms with E-state index in [1.54, 1.807) is 0 Å². The molecule has 5 heteroatoms. The molecule has 0 spiro atoms. The van der Waals surface area contributed by atoms with Crippen LogP contribution in [0.25, 0.3) is 103 Å². The van der Waals surface area contributed by atoms with Gasteiger partial charge in [-0.25, -0.2) is 9.98 Å². The monoisotopic (exact) mass is 830 g/mol. The summed E-state index contributed by atoms with van der Waals surface area (Å²) in [5, 5.41) is 20.3. The van der Waals surface area contributed by atoms with Gasteiger partial charge in [0.05, 0.1) is 16.7 Å². The molecule has 1 N–H and O–H groups in total. The maximum atomic E-state index is 6.87. The van der Waals surface area contributed by atoms with Crippen LogP contribution in [0.5, 0.6) is 0 Å². The van der Waals surface area contributed by atoms with Gasteiger partial charge < -0.3 is 14.3 Å². The minimum Gasteiger partial charge on any atom is -0.454 e. The third-order valence-corrected chi connectivity index (χ3v) is 13.7. The van der Waals surface area contributed by atoms with Crippen LogP contribution in [0.1, 0.15) is 23.6 Å². The number of aromatic nitrogens is 1. The van der Waals surface area contributed by atoms with Crippen molar-refractivity contribution in [2.45, 2.75) is 12.6 Å². The van der Waals surface area contributed by atoms with Crippen LogP contribution in [0.3, 0.4) is 0 Å². The normalized spacial score (nSPS) is 15.5. The zero-order chi connectivity index (χ0) is 42.8. The standard InChI is InChI=1S/C60H38N4O/c1-60(44-27-29-48-41(31-44)25-23-37-13-5-7-17-46(37)48)62-58(42-26-28-47-40(30-42)24-22-36-12-4-6-16-45(36)47)61-59(63-60)43-33-52-50-19-9-11-21-56(50)65-57(52)55(35-43)64-53-20-10-8-18-49(53)51-32-38-14-2-3-15-39(38)34-54(51)64/h2-35H,1H3,(H,61,62,63). The third kappa shape index (κ3) is 5.45. The number of rotatable bonds is 4. The largest absolute Gasteiger partial charge is 0.454 e. The van der Waals surface area contributed by atoms with Crippen molar-refractivity contribution < 1.29 is 4.42 Å². The third-order valence-electron chi connectivity index (χ3n) is 13.7. The van der Waals surface area contributed by atoms with Crippen LogP contribution in [-0.2, 0) is 5.66 Å². The summed E-state index contributed by atoms with van der Waals surface area (Å²) in [7, 11) is 0. The summed E-state index contributed by atoms with van der Waals surface area (Å²) < 4.78 is 9.24. The molecule has 0 amide bonds. The second-order valence-corrected chi connectivity index (χ2v) is 17.6. The lowest BCUT2D eigenvalue weighted by atomic mass is 9.94. The Hall–Kier alpha value is -8.54. The molecule has 1 unspecified atom stereocenters. The van der Waals surface area contributed by atoms with Gasteiger partial charge in [0.1, 0.15) is 11.4 Å². The second kappa shape index (κ2) is 13.5. The van der Waals surface area contributed by atoms with E-state index in [1.165, 1.54) is 53.9 Å². The van der Waals surface area contributed by atoms with E-state index in [0.717, 1.165) is 72.0 Å². The number of hydrogen-bond acceptors (Lipinski definition) is 4. The number of aliphatic imine (C=N–C) groups is 2. The van der Waals surface area contributed by atoms with Crippen molar-refractivity contribution >= 4 is 109 Å². The predicted molar refractivity (Wildman–Crippen MR) is 272 cm³/mol. The molecule has 1 atom stereocenters. The number of furan rings is 1. The summed E-state index contributed by atoms with van der Waals surface area (Å²) >= 11 is 0. The molecule has 1 aliphatic heterocycles. The Morgan fingerprint density at radius 2 is 1.03 bits per heavy atom. The fourth-order valence-corrected chi connectivity index (χ4v) is 10.5. The van der Waals surface area contributed by atoms with Crippen molar-refractivity contribution in [1.82, 2.24) is 9.88 Å². The van der Waals surface area contributed by atoms with Crippen LogP contribution in [0, 0.1) is 0 Å². The molecule has 304 valence electrons. The summed E-state index contributed by atoms with van der Waals surface area (Å²) in [6.45, 7) is 2.17. The van der Waals surface area contributed by atoms with E-state index >= 15 is 0 Å². The maximum absolute atomic E-state index is 6.87. The Morgan fingerprint density at radius 3 is 1.80 bits per heavy atom. The van der Waals surface area contributed by atoms with E-state index in [0.29, 0.717) is 5.84 Å². The number of para-hydroxylation sites is 2. The lowest BCUT2D eigenvalue weighted by Crippen LogP contribution is -2.46. The average Bonchev–Trinajstić information content (AvgIpc) is 3.90. The molecule has 0 radical (unpaired) electrons. The second-order valence-electron chi connectivity index (χ2n) is 17.6. The molecule has 0 fully saturated rings. The fraction of sp³-hybridized carbons (Fsp3) is 0.0333. The van der Waals surface area contributed by atoms with Gasteiger partial charge in [-0.3, -0.25) is 0 Å². The van der Waals surface area contributed by atoms with E-state index in [1.807, 2.05) is 6.07 Å². The van der Waals surface area contributed by atoms with Gasteiger partial charge in [-0.15, -0.1) is 0 Å². The fourth-order valence-electron chi connectivity index (χ4n) is 10.5. The number of nitrogens with zero attached hydrogens (tertiary/aromatic N) is 3. The molecular weight excluding hydrogens is 793 g/mol. The molecule has 2 aromatic heterocycles. The van der Waals surface area contributed by atoms with Crippen LogP contribution in [0.15, 0.2) is 221 Å². The molecule has 1 aliphatic rings. The SMILES string of the molecule is CC1(c2ccc3c(ccc4ccccc43)c2)N=C(c2cc(-n3c4ccccc4c4cc5ccccc5cc43)c3oc4ccccc4c3c2)N=C(c2ccc3c(ccc4ccccc43)c2)N1. The lowest BCUT2D eigenvalue weighted by molar-refractivity contribution is 0.455. The minimum absolute atomic E-state index is 0.637. The number of fused-ring (bicyclic) bond motifs is 13. The highest BCUT2D eigenvalue weighted by molar-refractivity contribution is 6.20. The minimum atomic E-state index is -0.885. The van der Waals surface area contributed by atoms with Crippen LogP contribution in [0.2, 0.25) is 0 Å². The Morgan fingerprint density at radius 1 is 0.431 bits per heavy atom. The van der Waals surface area contributed by atoms with Crippen molar-refractivity contribution in [2.24, 2.45) is 9.98 Å². The topological polar surface area (TPSA) is 54.8 Å². The summed E-state index contributed by atoms with van der Waals surface area (Å²) in [6, 6.07) is 74.1. The number of benzene rings is 11. The molecule has 65 heavy (non-hydrogen) atoms. The first-order chi connectivity index (χ1) is 32.0.